The topological polar surface area (TPSA) is 176 Å². The van der Waals surface area contributed by atoms with Crippen LogP contribution in [0.4, 0.5) is 0 Å². The second kappa shape index (κ2) is 16.3. The number of rotatable bonds is 11. The number of carboxylic acids is 3. The van der Waals surface area contributed by atoms with Crippen LogP contribution in [-0.4, -0.2) is 110 Å². The van der Waals surface area contributed by atoms with E-state index in [4.69, 9.17) is 32.0 Å². The lowest BCUT2D eigenvalue weighted by Gasteiger charge is -2.41. The maximum Gasteiger partial charge on any atom is 0.336 e. The van der Waals surface area contributed by atoms with Crippen LogP contribution in [0.3, 0.4) is 0 Å². The molecule has 0 bridgehead atoms. The first-order chi connectivity index (χ1) is 22.7. The molecule has 3 aliphatic rings. The molecular weight excluding hydrogens is 710 g/mol. The summed E-state index contributed by atoms with van der Waals surface area (Å²) in [5, 5.41) is 34.5. The molecule has 0 aromatic heterocycles. The minimum absolute atomic E-state index is 0.0144. The van der Waals surface area contributed by atoms with E-state index in [0.717, 1.165) is 79.4 Å². The number of aliphatic carboxylic acids is 3. The molecule has 3 heterocycles. The summed E-state index contributed by atoms with van der Waals surface area (Å²) in [6, 6.07) is 14.6. The lowest BCUT2D eigenvalue weighted by molar-refractivity contribution is -0.170. The Morgan fingerprint density at radius 3 is 2.21 bits per heavy atom. The van der Waals surface area contributed by atoms with Gasteiger partial charge < -0.3 is 35.1 Å². The van der Waals surface area contributed by atoms with E-state index in [2.05, 4.69) is 37.9 Å². The van der Waals surface area contributed by atoms with E-state index in [9.17, 15) is 24.0 Å². The van der Waals surface area contributed by atoms with Crippen LogP contribution in [0, 0.1) is 0 Å². The van der Waals surface area contributed by atoms with Crippen LogP contribution >= 0.6 is 27.5 Å². The molecule has 0 radical (unpaired) electrons. The van der Waals surface area contributed by atoms with Crippen LogP contribution in [0.5, 0.6) is 0 Å². The zero-order chi connectivity index (χ0) is 35.2. The number of carboxylic acid groups (broad SMARTS) is 3. The molecule has 2 aromatic rings. The Labute approximate surface area is 292 Å². The zero-order valence-corrected chi connectivity index (χ0v) is 29.0. The molecule has 2 saturated heterocycles. The minimum atomic E-state index is -2.74. The normalized spacial score (nSPS) is 19.4. The van der Waals surface area contributed by atoms with E-state index >= 15 is 0 Å². The van der Waals surface area contributed by atoms with E-state index < -0.39 is 36.4 Å². The molecule has 0 spiro atoms. The molecule has 0 saturated carbocycles. The number of likely N-dealkylation sites (N-methyl/N-ethyl adjacent to an activating group) is 1. The SMILES string of the molecule is CN1C(=O)c2ccccc2[C@H]1[C@@H](CCN1CCC(N2CCCCC2=O)CC1)c1ccc(Br)c(Cl)c1.O=C(O)CC(O)(CC(=O)O)C(=O)O. The summed E-state index contributed by atoms with van der Waals surface area (Å²) in [5.74, 6) is -4.45. The molecular formula is C34H41BrClN3O9. The molecule has 3 aliphatic heterocycles. The maximum atomic E-state index is 13.0. The zero-order valence-electron chi connectivity index (χ0n) is 26.7. The van der Waals surface area contributed by atoms with Crippen molar-refractivity contribution >= 4 is 57.3 Å². The van der Waals surface area contributed by atoms with Gasteiger partial charge in [-0.3, -0.25) is 19.2 Å². The number of carbonyl (C=O) groups is 5. The summed E-state index contributed by atoms with van der Waals surface area (Å²) in [7, 11) is 1.92. The molecule has 260 valence electrons. The minimum Gasteiger partial charge on any atom is -0.481 e. The van der Waals surface area contributed by atoms with Crippen LogP contribution in [0.25, 0.3) is 0 Å². The molecule has 0 aliphatic carbocycles. The number of aliphatic hydroxyl groups is 1. The highest BCUT2D eigenvalue weighted by atomic mass is 79.9. The van der Waals surface area contributed by atoms with Crippen molar-refractivity contribution in [1.82, 2.24) is 14.7 Å². The highest BCUT2D eigenvalue weighted by Gasteiger charge is 2.41. The third-order valence-corrected chi connectivity index (χ3v) is 10.6. The number of amides is 2. The van der Waals surface area contributed by atoms with Crippen molar-refractivity contribution in [3.8, 4) is 0 Å². The maximum absolute atomic E-state index is 13.0. The number of piperidine rings is 2. The predicted octanol–water partition coefficient (Wildman–Crippen LogP) is 4.63. The largest absolute Gasteiger partial charge is 0.481 e. The summed E-state index contributed by atoms with van der Waals surface area (Å²) >= 11 is 10.0. The van der Waals surface area contributed by atoms with E-state index in [-0.39, 0.29) is 17.9 Å². The van der Waals surface area contributed by atoms with Crippen molar-refractivity contribution in [3.63, 3.8) is 0 Å². The first kappa shape index (κ1) is 37.3. The third-order valence-electron chi connectivity index (χ3n) is 9.40. The van der Waals surface area contributed by atoms with Crippen molar-refractivity contribution in [3.05, 3.63) is 68.7 Å². The second-order valence-electron chi connectivity index (χ2n) is 12.6. The van der Waals surface area contributed by atoms with Crippen LogP contribution in [-0.2, 0) is 19.2 Å². The molecule has 0 unspecified atom stereocenters. The fourth-order valence-corrected chi connectivity index (χ4v) is 7.35. The average Bonchev–Trinajstić information content (AvgIpc) is 3.28. The highest BCUT2D eigenvalue weighted by molar-refractivity contribution is 9.10. The monoisotopic (exact) mass is 749 g/mol. The van der Waals surface area contributed by atoms with Crippen molar-refractivity contribution in [1.29, 1.82) is 0 Å². The quantitative estimate of drug-likeness (QED) is 0.253. The van der Waals surface area contributed by atoms with Gasteiger partial charge in [0.2, 0.25) is 5.91 Å². The Bertz CT molecular complexity index is 1510. The Hall–Kier alpha value is -3.52. The van der Waals surface area contributed by atoms with Crippen molar-refractivity contribution < 1.29 is 44.4 Å². The van der Waals surface area contributed by atoms with Crippen LogP contribution < -0.4 is 0 Å². The lowest BCUT2D eigenvalue weighted by Crippen LogP contribution is -2.49. The molecule has 2 amide bonds. The van der Waals surface area contributed by atoms with Crippen LogP contribution in [0.1, 0.15) is 84.8 Å². The van der Waals surface area contributed by atoms with Crippen molar-refractivity contribution in [2.75, 3.05) is 33.2 Å². The van der Waals surface area contributed by atoms with Crippen LogP contribution in [0.15, 0.2) is 46.9 Å². The number of fused-ring (bicyclic) bond motifs is 1. The second-order valence-corrected chi connectivity index (χ2v) is 13.9. The molecule has 14 heteroatoms. The summed E-state index contributed by atoms with van der Waals surface area (Å²) in [6.45, 7) is 3.91. The van der Waals surface area contributed by atoms with Gasteiger partial charge in [-0.05, 0) is 83.9 Å². The smallest absolute Gasteiger partial charge is 0.336 e. The van der Waals surface area contributed by atoms with Gasteiger partial charge in [0.15, 0.2) is 5.60 Å². The number of hydrogen-bond donors (Lipinski definition) is 4. The predicted molar refractivity (Wildman–Crippen MR) is 180 cm³/mol. The van der Waals surface area contributed by atoms with Gasteiger partial charge >= 0.3 is 17.9 Å². The number of hydrogen-bond acceptors (Lipinski definition) is 7. The Balaban J connectivity index is 0.000000341. The van der Waals surface area contributed by atoms with E-state index in [0.29, 0.717) is 23.4 Å². The average molecular weight is 751 g/mol. The number of carbonyl (C=O) groups excluding carboxylic acids is 2. The Morgan fingerprint density at radius 2 is 1.62 bits per heavy atom. The van der Waals surface area contributed by atoms with Gasteiger partial charge in [0, 0.05) is 55.1 Å². The summed E-state index contributed by atoms with van der Waals surface area (Å²) in [5.41, 5.74) is 0.331. The van der Waals surface area contributed by atoms with E-state index in [1.807, 2.05) is 42.3 Å². The Kier molecular flexibility index (Phi) is 12.6. The molecule has 2 aromatic carbocycles. The van der Waals surface area contributed by atoms with Gasteiger partial charge in [-0.2, -0.15) is 0 Å². The van der Waals surface area contributed by atoms with Gasteiger partial charge in [-0.25, -0.2) is 4.79 Å². The molecule has 4 N–H and O–H groups in total. The van der Waals surface area contributed by atoms with Gasteiger partial charge in [-0.1, -0.05) is 35.9 Å². The third kappa shape index (κ3) is 8.93. The highest BCUT2D eigenvalue weighted by Crippen LogP contribution is 2.45. The van der Waals surface area contributed by atoms with Gasteiger partial charge in [-0.15, -0.1) is 0 Å². The first-order valence-electron chi connectivity index (χ1n) is 15.9. The first-order valence-corrected chi connectivity index (χ1v) is 17.1. The van der Waals surface area contributed by atoms with E-state index in [1.165, 1.54) is 0 Å². The van der Waals surface area contributed by atoms with Crippen molar-refractivity contribution in [2.24, 2.45) is 0 Å². The number of benzene rings is 2. The number of likely N-dealkylation sites (tertiary alicyclic amines) is 2. The summed E-state index contributed by atoms with van der Waals surface area (Å²) < 4.78 is 0.882. The van der Waals surface area contributed by atoms with Crippen LogP contribution in [0.2, 0.25) is 5.02 Å². The number of nitrogens with zero attached hydrogens (tertiary/aromatic N) is 3. The summed E-state index contributed by atoms with van der Waals surface area (Å²) in [6.07, 6.45) is 3.63. The van der Waals surface area contributed by atoms with Gasteiger partial charge in [0.1, 0.15) is 0 Å². The Morgan fingerprint density at radius 1 is 0.979 bits per heavy atom. The molecule has 48 heavy (non-hydrogen) atoms. The number of halogens is 2. The van der Waals surface area contributed by atoms with Gasteiger partial charge in [0.25, 0.3) is 5.91 Å². The molecule has 12 nitrogen and oxygen atoms in total. The summed E-state index contributed by atoms with van der Waals surface area (Å²) in [4.78, 5) is 62.5. The lowest BCUT2D eigenvalue weighted by atomic mass is 9.84. The molecule has 2 atom stereocenters. The molecule has 2 fully saturated rings. The van der Waals surface area contributed by atoms with Crippen molar-refractivity contribution in [2.45, 2.75) is 75.0 Å². The van der Waals surface area contributed by atoms with E-state index in [1.54, 1.807) is 0 Å². The molecule has 5 rings (SSSR count). The van der Waals surface area contributed by atoms with Gasteiger partial charge in [0.05, 0.1) is 23.9 Å². The fourth-order valence-electron chi connectivity index (χ4n) is 6.91. The fraction of sp³-hybridized carbons (Fsp3) is 0.500. The standard InChI is InChI=1S/C28H33BrClN3O2.C6H8O7/c1-31-27(22-6-2-3-7-23(22)28(31)35)21(19-9-10-24(29)25(30)18-19)13-17-32-15-11-20(12-16-32)33-14-5-4-8-26(33)34;7-3(8)1-6(13,5(11)12)2-4(9)10/h2-3,6-7,9-10,18,20-21,27H,4-5,8,11-17H2,1H3;13H,1-2H2,(H,7,8)(H,9,10)(H,11,12)/t21-,27+;/m0./s1.